The van der Waals surface area contributed by atoms with Gasteiger partial charge in [-0.1, -0.05) is 18.2 Å². The van der Waals surface area contributed by atoms with Gasteiger partial charge in [0.2, 0.25) is 6.79 Å². The largest absolute Gasteiger partial charge is 0.454 e. The lowest BCUT2D eigenvalue weighted by molar-refractivity contribution is 0.103. The Morgan fingerprint density at radius 2 is 1.93 bits per heavy atom. The van der Waals surface area contributed by atoms with Crippen LogP contribution >= 0.6 is 0 Å². The van der Waals surface area contributed by atoms with Crippen molar-refractivity contribution in [2.45, 2.75) is 51.0 Å². The van der Waals surface area contributed by atoms with Gasteiger partial charge in [0.15, 0.2) is 11.5 Å². The first-order chi connectivity index (χ1) is 13.1. The third-order valence-corrected chi connectivity index (χ3v) is 6.74. The van der Waals surface area contributed by atoms with Gasteiger partial charge in [0.05, 0.1) is 0 Å². The lowest BCUT2D eigenvalue weighted by Gasteiger charge is -2.47. The summed E-state index contributed by atoms with van der Waals surface area (Å²) in [5.41, 5.74) is 4.57. The second-order valence-corrected chi connectivity index (χ2v) is 8.38. The first-order valence-electron chi connectivity index (χ1n) is 10.00. The molecule has 1 saturated heterocycles. The Kier molecular flexibility index (Phi) is 3.94. The Balaban J connectivity index is 1.69. The van der Waals surface area contributed by atoms with Crippen LogP contribution in [0.25, 0.3) is 0 Å². The summed E-state index contributed by atoms with van der Waals surface area (Å²) >= 11 is 0. The van der Waals surface area contributed by atoms with Crippen molar-refractivity contribution in [3.63, 3.8) is 0 Å². The Bertz CT molecular complexity index is 890. The lowest BCUT2D eigenvalue weighted by Crippen LogP contribution is -2.46. The second kappa shape index (κ2) is 6.23. The van der Waals surface area contributed by atoms with Crippen molar-refractivity contribution in [1.82, 2.24) is 4.90 Å². The first kappa shape index (κ1) is 17.1. The summed E-state index contributed by atoms with van der Waals surface area (Å²) in [5, 5.41) is 0. The minimum absolute atomic E-state index is 0.101. The molecule has 2 atom stereocenters. The number of hydrogen-bond donors (Lipinski definition) is 0. The van der Waals surface area contributed by atoms with Gasteiger partial charge in [0, 0.05) is 11.1 Å². The van der Waals surface area contributed by atoms with Crippen LogP contribution in [0.4, 0.5) is 4.39 Å². The number of likely N-dealkylation sites (tertiary alicyclic amines) is 1. The maximum Gasteiger partial charge on any atom is 0.231 e. The molecule has 3 nitrogen and oxygen atoms in total. The number of ether oxygens (including phenoxy) is 2. The molecule has 142 valence electrons. The van der Waals surface area contributed by atoms with Crippen molar-refractivity contribution in [2.75, 3.05) is 19.9 Å². The van der Waals surface area contributed by atoms with Crippen molar-refractivity contribution in [3.05, 3.63) is 58.4 Å². The van der Waals surface area contributed by atoms with Crippen LogP contribution in [0.2, 0.25) is 0 Å². The summed E-state index contributed by atoms with van der Waals surface area (Å²) in [6, 6.07) is 9.37. The molecule has 2 aromatic rings. The van der Waals surface area contributed by atoms with Crippen molar-refractivity contribution in [1.29, 1.82) is 0 Å². The predicted molar refractivity (Wildman–Crippen MR) is 103 cm³/mol. The van der Waals surface area contributed by atoms with Gasteiger partial charge in [-0.05, 0) is 87.4 Å². The van der Waals surface area contributed by atoms with E-state index in [2.05, 4.69) is 24.8 Å². The van der Waals surface area contributed by atoms with E-state index in [1.807, 2.05) is 12.1 Å². The lowest BCUT2D eigenvalue weighted by atomic mass is 9.68. The van der Waals surface area contributed by atoms with Gasteiger partial charge >= 0.3 is 0 Å². The Morgan fingerprint density at radius 1 is 1.15 bits per heavy atom. The molecule has 2 aromatic carbocycles. The van der Waals surface area contributed by atoms with Gasteiger partial charge in [-0.25, -0.2) is 4.39 Å². The molecular formula is C23H26FNO2. The van der Waals surface area contributed by atoms with Crippen LogP contribution in [-0.4, -0.2) is 24.8 Å². The fourth-order valence-electron chi connectivity index (χ4n) is 5.62. The minimum Gasteiger partial charge on any atom is -0.454 e. The van der Waals surface area contributed by atoms with Gasteiger partial charge in [-0.3, -0.25) is 4.90 Å². The molecular weight excluding hydrogens is 341 g/mol. The molecule has 0 spiro atoms. The van der Waals surface area contributed by atoms with E-state index in [4.69, 9.17) is 9.47 Å². The molecule has 0 radical (unpaired) electrons. The summed E-state index contributed by atoms with van der Waals surface area (Å²) in [5.74, 6) is 1.75. The van der Waals surface area contributed by atoms with Gasteiger partial charge in [-0.2, -0.15) is 0 Å². The maximum atomic E-state index is 14.7. The highest BCUT2D eigenvalue weighted by Gasteiger charge is 2.45. The molecule has 5 rings (SSSR count). The molecule has 0 N–H and O–H groups in total. The normalized spacial score (nSPS) is 27.0. The van der Waals surface area contributed by atoms with Crippen LogP contribution in [-0.2, 0) is 12.0 Å². The van der Waals surface area contributed by atoms with Gasteiger partial charge < -0.3 is 9.47 Å². The number of aryl methyl sites for hydroxylation is 1. The van der Waals surface area contributed by atoms with Crippen LogP contribution in [0.15, 0.2) is 30.3 Å². The zero-order valence-electron chi connectivity index (χ0n) is 16.1. The monoisotopic (exact) mass is 367 g/mol. The third-order valence-electron chi connectivity index (χ3n) is 6.74. The molecule has 2 aliphatic heterocycles. The second-order valence-electron chi connectivity index (χ2n) is 8.38. The third kappa shape index (κ3) is 2.57. The predicted octanol–water partition coefficient (Wildman–Crippen LogP) is 4.90. The zero-order chi connectivity index (χ0) is 18.6. The highest BCUT2D eigenvalue weighted by molar-refractivity contribution is 5.59. The summed E-state index contributed by atoms with van der Waals surface area (Å²) < 4.78 is 26.2. The molecule has 0 aromatic heterocycles. The molecule has 0 bridgehead atoms. The van der Waals surface area contributed by atoms with E-state index < -0.39 is 0 Å². The zero-order valence-corrected chi connectivity index (χ0v) is 16.1. The average molecular weight is 367 g/mol. The van der Waals surface area contributed by atoms with Crippen LogP contribution in [0.3, 0.4) is 0 Å². The van der Waals surface area contributed by atoms with E-state index >= 15 is 0 Å². The van der Waals surface area contributed by atoms with E-state index in [0.717, 1.165) is 43.0 Å². The first-order valence-corrected chi connectivity index (χ1v) is 10.00. The number of hydrogen-bond acceptors (Lipinski definition) is 3. The number of fused-ring (bicyclic) bond motifs is 3. The van der Waals surface area contributed by atoms with Crippen molar-refractivity contribution in [2.24, 2.45) is 0 Å². The molecule has 4 heteroatoms. The van der Waals surface area contributed by atoms with E-state index in [-0.39, 0.29) is 24.1 Å². The molecule has 1 aliphatic carbocycles. The van der Waals surface area contributed by atoms with Crippen molar-refractivity contribution >= 4 is 0 Å². The Labute approximate surface area is 160 Å². The smallest absolute Gasteiger partial charge is 0.231 e. The summed E-state index contributed by atoms with van der Waals surface area (Å²) in [4.78, 5) is 2.61. The SMILES string of the molecule is Cc1cc2c(c3c1C(C)(N1CCCC1)CC(c1ccccc1F)C3)OCO2. The summed E-state index contributed by atoms with van der Waals surface area (Å²) in [6.07, 6.45) is 4.20. The van der Waals surface area contributed by atoms with Crippen molar-refractivity contribution < 1.29 is 13.9 Å². The maximum absolute atomic E-state index is 14.7. The van der Waals surface area contributed by atoms with Crippen LogP contribution in [0, 0.1) is 12.7 Å². The summed E-state index contributed by atoms with van der Waals surface area (Å²) in [7, 11) is 0. The summed E-state index contributed by atoms with van der Waals surface area (Å²) in [6.45, 7) is 7.01. The minimum atomic E-state index is -0.109. The number of rotatable bonds is 2. The van der Waals surface area contributed by atoms with Crippen molar-refractivity contribution in [3.8, 4) is 11.5 Å². The number of benzene rings is 2. The molecule has 1 fully saturated rings. The van der Waals surface area contributed by atoms with Gasteiger partial charge in [-0.15, -0.1) is 0 Å². The number of halogens is 1. The van der Waals surface area contributed by atoms with Gasteiger partial charge in [0.1, 0.15) is 5.82 Å². The highest BCUT2D eigenvalue weighted by Crippen LogP contribution is 2.53. The van der Waals surface area contributed by atoms with Crippen LogP contribution < -0.4 is 9.47 Å². The molecule has 0 saturated carbocycles. The Hall–Kier alpha value is -2.07. The molecule has 3 aliphatic rings. The van der Waals surface area contributed by atoms with E-state index in [1.54, 1.807) is 12.1 Å². The molecule has 2 unspecified atom stereocenters. The van der Waals surface area contributed by atoms with Crippen LogP contribution in [0.5, 0.6) is 11.5 Å². The topological polar surface area (TPSA) is 21.7 Å². The Morgan fingerprint density at radius 3 is 2.70 bits per heavy atom. The highest BCUT2D eigenvalue weighted by atomic mass is 19.1. The average Bonchev–Trinajstić information content (AvgIpc) is 3.33. The van der Waals surface area contributed by atoms with Crippen LogP contribution in [0.1, 0.15) is 54.4 Å². The quantitative estimate of drug-likeness (QED) is 0.753. The fourth-order valence-corrected chi connectivity index (χ4v) is 5.62. The standard InChI is InChI=1S/C23H26FNO2/c1-15-11-20-22(27-14-26-20)18-12-16(17-7-3-4-8-19(17)24)13-23(2,21(15)18)25-9-5-6-10-25/h3-4,7-8,11,16H,5-6,9-10,12-14H2,1-2H3. The molecule has 0 amide bonds. The van der Waals surface area contributed by atoms with Gasteiger partial charge in [0.25, 0.3) is 0 Å². The van der Waals surface area contributed by atoms with E-state index in [0.29, 0.717) is 0 Å². The fraction of sp³-hybridized carbons (Fsp3) is 0.478. The van der Waals surface area contributed by atoms with E-state index in [1.165, 1.54) is 29.5 Å². The van der Waals surface area contributed by atoms with E-state index in [9.17, 15) is 4.39 Å². The number of nitrogens with zero attached hydrogens (tertiary/aromatic N) is 1. The molecule has 2 heterocycles. The molecule has 27 heavy (non-hydrogen) atoms.